The minimum absolute atomic E-state index is 0.965. The van der Waals surface area contributed by atoms with E-state index in [9.17, 15) is 0 Å². The summed E-state index contributed by atoms with van der Waals surface area (Å²) in [6, 6.07) is 64.6. The summed E-state index contributed by atoms with van der Waals surface area (Å²) < 4.78 is 2.44. The molecule has 4 heteroatoms. The van der Waals surface area contributed by atoms with E-state index >= 15 is 0 Å². The van der Waals surface area contributed by atoms with Gasteiger partial charge >= 0.3 is 0 Å². The first-order valence-electron chi connectivity index (χ1n) is 22.9. The molecule has 66 heavy (non-hydrogen) atoms. The second-order valence-electron chi connectivity index (χ2n) is 17.4. The van der Waals surface area contributed by atoms with Gasteiger partial charge in [0.05, 0.1) is 16.6 Å². The third kappa shape index (κ3) is 6.61. The van der Waals surface area contributed by atoms with Crippen molar-refractivity contribution in [2.75, 3.05) is 0 Å². The fraction of sp³-hybridized carbons (Fsp3) is 0.0645. The number of allylic oxidation sites excluding steroid dienone is 3. The first kappa shape index (κ1) is 39.3. The molecule has 0 amide bonds. The molecule has 0 atom stereocenters. The summed E-state index contributed by atoms with van der Waals surface area (Å²) in [6.45, 7) is 3.41. The van der Waals surface area contributed by atoms with E-state index in [2.05, 4.69) is 186 Å². The van der Waals surface area contributed by atoms with Crippen LogP contribution in [0.25, 0.3) is 105 Å². The van der Waals surface area contributed by atoms with Crippen LogP contribution in [0, 0.1) is 5.41 Å². The van der Waals surface area contributed by atoms with E-state index in [0.717, 1.165) is 31.5 Å². The number of benzene rings is 8. The molecule has 0 unspecified atom stereocenters. The van der Waals surface area contributed by atoms with Crippen LogP contribution in [0.4, 0.5) is 0 Å². The zero-order valence-corrected chi connectivity index (χ0v) is 36.6. The quantitative estimate of drug-likeness (QED) is 0.122. The Kier molecular flexibility index (Phi) is 9.72. The third-order valence-electron chi connectivity index (χ3n) is 13.7. The van der Waals surface area contributed by atoms with Gasteiger partial charge in [0.25, 0.3) is 0 Å². The number of aryl methyl sites for hydroxylation is 4. The highest BCUT2D eigenvalue weighted by Gasteiger charge is 2.32. The topological polar surface area (TPSA) is 57.5 Å². The summed E-state index contributed by atoms with van der Waals surface area (Å²) in [4.78, 5) is 8.89. The van der Waals surface area contributed by atoms with Gasteiger partial charge in [-0.3, -0.25) is 4.57 Å². The van der Waals surface area contributed by atoms with Crippen molar-refractivity contribution in [2.24, 2.45) is 0 Å². The molecule has 0 saturated carbocycles. The minimum atomic E-state index is 0.965. The molecule has 0 spiro atoms. The third-order valence-corrected chi connectivity index (χ3v) is 13.7. The molecule has 2 N–H and O–H groups in total. The van der Waals surface area contributed by atoms with Crippen molar-refractivity contribution in [2.45, 2.75) is 25.7 Å². The fourth-order valence-electron chi connectivity index (χ4n) is 10.7. The highest BCUT2D eigenvalue weighted by atomic mass is 15.1. The molecule has 2 aliphatic rings. The van der Waals surface area contributed by atoms with Crippen molar-refractivity contribution < 1.29 is 0 Å². The van der Waals surface area contributed by atoms with Crippen molar-refractivity contribution in [3.63, 3.8) is 0 Å². The number of nitrogens with one attached hydrogen (secondary N) is 2. The van der Waals surface area contributed by atoms with Gasteiger partial charge in [0.15, 0.2) is 0 Å². The summed E-state index contributed by atoms with van der Waals surface area (Å²) in [6.07, 6.45) is 12.1. The van der Waals surface area contributed by atoms with Gasteiger partial charge < -0.3 is 10.4 Å². The lowest BCUT2D eigenvalue weighted by Gasteiger charge is -2.31. The van der Waals surface area contributed by atoms with Crippen LogP contribution in [0.1, 0.15) is 22.3 Å². The molecule has 0 fully saturated rings. The summed E-state index contributed by atoms with van der Waals surface area (Å²) in [5.74, 6) is 0.965. The molecular formula is C62H46N4. The Morgan fingerprint density at radius 3 is 1.61 bits per heavy atom. The van der Waals surface area contributed by atoms with E-state index in [1.165, 1.54) is 128 Å². The lowest BCUT2D eigenvalue weighted by molar-refractivity contribution is 0.884. The predicted molar refractivity (Wildman–Crippen MR) is 278 cm³/mol. The second kappa shape index (κ2) is 16.3. The van der Waals surface area contributed by atoms with Crippen LogP contribution in [0.15, 0.2) is 207 Å². The maximum absolute atomic E-state index is 6.45. The van der Waals surface area contributed by atoms with Gasteiger partial charge in [0.1, 0.15) is 5.82 Å². The Morgan fingerprint density at radius 2 is 1.02 bits per heavy atom. The number of hydrogen-bond donors (Lipinski definition) is 2. The van der Waals surface area contributed by atoms with Crippen molar-refractivity contribution in [1.29, 1.82) is 5.41 Å². The van der Waals surface area contributed by atoms with Gasteiger partial charge in [-0.1, -0.05) is 146 Å². The molecule has 13 rings (SSSR count). The molecule has 0 aliphatic heterocycles. The van der Waals surface area contributed by atoms with Crippen LogP contribution in [0.5, 0.6) is 0 Å². The number of nitrogens with zero attached hydrogens (tertiary/aromatic N) is 2. The van der Waals surface area contributed by atoms with E-state index in [1.807, 2.05) is 12.3 Å². The molecule has 3 aromatic heterocycles. The van der Waals surface area contributed by atoms with Gasteiger partial charge in [0, 0.05) is 39.5 Å². The smallest absolute Gasteiger partial charge is 0.137 e. The van der Waals surface area contributed by atoms with Gasteiger partial charge in [0.2, 0.25) is 0 Å². The second-order valence-corrected chi connectivity index (χ2v) is 17.4. The monoisotopic (exact) mass is 846 g/mol. The molecule has 0 saturated heterocycles. The van der Waals surface area contributed by atoms with Crippen molar-refractivity contribution in [3.8, 4) is 61.5 Å². The fourth-order valence-corrected chi connectivity index (χ4v) is 10.7. The van der Waals surface area contributed by atoms with Crippen LogP contribution < -0.4 is 0 Å². The van der Waals surface area contributed by atoms with Crippen LogP contribution in [0.3, 0.4) is 0 Å². The minimum Gasteiger partial charge on any atom is -0.354 e. The number of aromatic nitrogens is 3. The van der Waals surface area contributed by atoms with Crippen molar-refractivity contribution >= 4 is 49.8 Å². The molecule has 2 aliphatic carbocycles. The molecule has 11 aromatic rings. The van der Waals surface area contributed by atoms with Crippen molar-refractivity contribution in [3.05, 3.63) is 229 Å². The molecule has 0 bridgehead atoms. The first-order valence-corrected chi connectivity index (χ1v) is 22.9. The highest BCUT2D eigenvalue weighted by Crippen LogP contribution is 2.50. The zero-order valence-electron chi connectivity index (χ0n) is 36.6. The van der Waals surface area contributed by atoms with E-state index in [-0.39, 0.29) is 0 Å². The summed E-state index contributed by atoms with van der Waals surface area (Å²) >= 11 is 0. The summed E-state index contributed by atoms with van der Waals surface area (Å²) in [7, 11) is 0. The maximum Gasteiger partial charge on any atom is 0.137 e. The number of hydrogen-bond acceptors (Lipinski definition) is 2. The molecule has 3 heterocycles. The molecule has 4 nitrogen and oxygen atoms in total. The normalized spacial score (nSPS) is 12.7. The molecular weight excluding hydrogens is 801 g/mol. The van der Waals surface area contributed by atoms with Gasteiger partial charge in [-0.15, -0.1) is 0 Å². The van der Waals surface area contributed by atoms with Crippen LogP contribution in [0.2, 0.25) is 0 Å². The molecule has 314 valence electrons. The van der Waals surface area contributed by atoms with Crippen molar-refractivity contribution in [1.82, 2.24) is 14.5 Å². The predicted octanol–water partition coefficient (Wildman–Crippen LogP) is 15.7. The zero-order chi connectivity index (χ0) is 44.1. The van der Waals surface area contributed by atoms with Gasteiger partial charge in [-0.05, 0) is 158 Å². The van der Waals surface area contributed by atoms with Crippen LogP contribution >= 0.6 is 0 Å². The Balaban J connectivity index is 0.000000716. The van der Waals surface area contributed by atoms with Gasteiger partial charge in [-0.25, -0.2) is 4.98 Å². The van der Waals surface area contributed by atoms with Crippen LogP contribution in [-0.2, 0) is 25.7 Å². The average molecular weight is 847 g/mol. The SMILES string of the molecule is C=C/C=C\C=N.c1ccc(-c2ccc(-c3ccc4[nH]c5c6c7c(cc5c4c3)CCc3c-7c(cc4c5cc(-c7ccc(-c8ccccc8)cc7)ccc5n(-c5ccccn5)c34)CC6)cc2)cc1. The number of pyridine rings is 1. The lowest BCUT2D eigenvalue weighted by atomic mass is 9.74. The van der Waals surface area contributed by atoms with Gasteiger partial charge in [-0.2, -0.15) is 0 Å². The Labute approximate surface area is 384 Å². The standard InChI is InChI=1S/C57H39N3.C5H7N/c1-3-9-35(10-4-1)37-14-18-39(19-15-37)41-24-28-51-47(31-41)49-33-43-23-27-46-55-44(22-26-45(54(43)55)56(49)59-51)34-50-48-32-42(40-20-16-38(17-21-40)36-11-5-2-6-12-36)25-29-52(48)60(57(46)50)53-13-7-8-30-58-53;1-2-3-4-5-6/h1-21,24-25,28-34,59H,22-23,26-27H2;2-6H,1H2/b;4-3-,6-5?. The van der Waals surface area contributed by atoms with E-state index in [0.29, 0.717) is 0 Å². The van der Waals surface area contributed by atoms with E-state index in [4.69, 9.17) is 10.4 Å². The number of H-pyrrole nitrogens is 1. The largest absolute Gasteiger partial charge is 0.354 e. The average Bonchev–Trinajstić information content (AvgIpc) is 3.93. The molecule has 8 aromatic carbocycles. The Morgan fingerprint density at radius 1 is 0.485 bits per heavy atom. The Hall–Kier alpha value is -8.34. The summed E-state index contributed by atoms with van der Waals surface area (Å²) in [5.41, 5.74) is 23.7. The summed E-state index contributed by atoms with van der Waals surface area (Å²) in [5, 5.41) is 11.7. The van der Waals surface area contributed by atoms with E-state index < -0.39 is 0 Å². The maximum atomic E-state index is 6.45. The van der Waals surface area contributed by atoms with E-state index in [1.54, 1.807) is 18.2 Å². The number of fused-ring (bicyclic) bond motifs is 8. The highest BCUT2D eigenvalue weighted by molar-refractivity contribution is 6.16. The number of aromatic amines is 1. The molecule has 0 radical (unpaired) electrons. The first-order chi connectivity index (χ1) is 32.6. The lowest BCUT2D eigenvalue weighted by Crippen LogP contribution is -2.15. The number of rotatable bonds is 7. The van der Waals surface area contributed by atoms with Crippen LogP contribution in [-0.4, -0.2) is 20.7 Å². The Bertz CT molecular complexity index is 3680.